The summed E-state index contributed by atoms with van der Waals surface area (Å²) in [4.78, 5) is 0. The lowest BCUT2D eigenvalue weighted by atomic mass is 9.70. The molecule has 0 saturated carbocycles. The molecule has 0 amide bonds. The van der Waals surface area contributed by atoms with Crippen LogP contribution in [0.2, 0.25) is 0 Å². The Hall–Kier alpha value is 0.0600. The molecule has 3 unspecified atom stereocenters. The standard InChI is InChI=1S/C24H49O2P/c1-7-13-16-21(10-4)19-24(26-27-25,23(12-6)18-15-9-3)20-22(11-5)17-14-8-2/h21-23H,7-20H2,1-6H3. The van der Waals surface area contributed by atoms with Crippen LogP contribution in [0.1, 0.15) is 131 Å². The van der Waals surface area contributed by atoms with Gasteiger partial charge in [-0.05, 0) is 37.0 Å². The highest BCUT2D eigenvalue weighted by atomic mass is 31.1. The lowest BCUT2D eigenvalue weighted by molar-refractivity contribution is -0.0336. The van der Waals surface area contributed by atoms with Gasteiger partial charge in [0.2, 0.25) is 0 Å². The molecule has 0 aromatic carbocycles. The molecule has 0 aliphatic rings. The van der Waals surface area contributed by atoms with Crippen LogP contribution < -0.4 is 0 Å². The maximum absolute atomic E-state index is 11.8. The fraction of sp³-hybridized carbons (Fsp3) is 1.00. The summed E-state index contributed by atoms with van der Waals surface area (Å²) in [5, 5.41) is 0. The van der Waals surface area contributed by atoms with Gasteiger partial charge in [-0.25, -0.2) is 4.57 Å². The van der Waals surface area contributed by atoms with E-state index in [9.17, 15) is 4.57 Å². The summed E-state index contributed by atoms with van der Waals surface area (Å²) in [5.41, 5.74) is -0.212. The van der Waals surface area contributed by atoms with Crippen LogP contribution in [0.15, 0.2) is 0 Å². The van der Waals surface area contributed by atoms with Crippen molar-refractivity contribution < 1.29 is 9.09 Å². The van der Waals surface area contributed by atoms with Crippen molar-refractivity contribution in [3.8, 4) is 0 Å². The second kappa shape index (κ2) is 17.0. The summed E-state index contributed by atoms with van der Waals surface area (Å²) in [5.74, 6) is 1.89. The molecule has 0 fully saturated rings. The van der Waals surface area contributed by atoms with E-state index in [1.54, 1.807) is 0 Å². The first-order valence-corrected chi connectivity index (χ1v) is 12.8. The molecule has 3 atom stereocenters. The van der Waals surface area contributed by atoms with Gasteiger partial charge in [0.1, 0.15) is 0 Å². The van der Waals surface area contributed by atoms with Crippen molar-refractivity contribution in [2.45, 2.75) is 137 Å². The van der Waals surface area contributed by atoms with E-state index in [-0.39, 0.29) is 14.3 Å². The zero-order valence-corrected chi connectivity index (χ0v) is 20.3. The molecule has 3 heteroatoms. The lowest BCUT2D eigenvalue weighted by Gasteiger charge is -2.43. The molecule has 162 valence electrons. The highest BCUT2D eigenvalue weighted by Crippen LogP contribution is 2.45. The van der Waals surface area contributed by atoms with E-state index in [2.05, 4.69) is 41.5 Å². The summed E-state index contributed by atoms with van der Waals surface area (Å²) >= 11 is 0. The third-order valence-electron chi connectivity index (χ3n) is 6.72. The van der Waals surface area contributed by atoms with E-state index in [1.807, 2.05) is 0 Å². The third-order valence-corrected chi connectivity index (χ3v) is 7.16. The molecule has 0 rings (SSSR count). The monoisotopic (exact) mass is 400 g/mol. The molecule has 0 radical (unpaired) electrons. The molecule has 0 bridgehead atoms. The molecule has 0 aliphatic carbocycles. The summed E-state index contributed by atoms with van der Waals surface area (Å²) in [6.45, 7) is 13.8. The first kappa shape index (κ1) is 27.1. The van der Waals surface area contributed by atoms with E-state index < -0.39 is 0 Å². The van der Waals surface area contributed by atoms with Gasteiger partial charge in [0.25, 0.3) is 0 Å². The number of unbranched alkanes of at least 4 members (excludes halogenated alkanes) is 3. The predicted octanol–water partition coefficient (Wildman–Crippen LogP) is 9.38. The van der Waals surface area contributed by atoms with Crippen molar-refractivity contribution >= 4 is 8.69 Å². The van der Waals surface area contributed by atoms with E-state index in [4.69, 9.17) is 4.52 Å². The fourth-order valence-corrected chi connectivity index (χ4v) is 5.24. The van der Waals surface area contributed by atoms with Gasteiger partial charge in [-0.3, -0.25) is 4.52 Å². The number of hydrogen-bond donors (Lipinski definition) is 0. The van der Waals surface area contributed by atoms with Crippen LogP contribution in [0.25, 0.3) is 0 Å². The van der Waals surface area contributed by atoms with E-state index in [0.717, 1.165) is 19.3 Å². The van der Waals surface area contributed by atoms with Gasteiger partial charge in [-0.1, -0.05) is 112 Å². The predicted molar refractivity (Wildman–Crippen MR) is 121 cm³/mol. The van der Waals surface area contributed by atoms with Crippen molar-refractivity contribution in [1.29, 1.82) is 0 Å². The largest absolute Gasteiger partial charge is 0.327 e. The molecule has 2 nitrogen and oxygen atoms in total. The minimum Gasteiger partial charge on any atom is -0.287 e. The Morgan fingerprint density at radius 3 is 1.48 bits per heavy atom. The highest BCUT2D eigenvalue weighted by Gasteiger charge is 2.42. The van der Waals surface area contributed by atoms with Crippen LogP contribution >= 0.6 is 8.69 Å². The SMILES string of the molecule is CCCCC(CC)CC(CC(CC)CCCC)(OP=O)C(CC)CCCC. The molecular formula is C24H49O2P. The van der Waals surface area contributed by atoms with Crippen LogP contribution in [-0.4, -0.2) is 5.60 Å². The van der Waals surface area contributed by atoms with Crippen LogP contribution in [0, 0.1) is 17.8 Å². The van der Waals surface area contributed by atoms with E-state index in [1.165, 1.54) is 70.6 Å². The normalized spacial score (nSPS) is 17.6. The smallest absolute Gasteiger partial charge is 0.287 e. The zero-order chi connectivity index (χ0) is 20.5. The van der Waals surface area contributed by atoms with Gasteiger partial charge in [-0.15, -0.1) is 0 Å². The van der Waals surface area contributed by atoms with Crippen molar-refractivity contribution in [3.05, 3.63) is 0 Å². The summed E-state index contributed by atoms with van der Waals surface area (Å²) in [6, 6.07) is 0. The Bertz CT molecular complexity index is 327. The molecular weight excluding hydrogens is 351 g/mol. The van der Waals surface area contributed by atoms with Crippen LogP contribution in [0.3, 0.4) is 0 Å². The summed E-state index contributed by atoms with van der Waals surface area (Å²) in [6.07, 6.45) is 17.1. The minimum atomic E-state index is -0.212. The molecule has 0 spiro atoms. The highest BCUT2D eigenvalue weighted by molar-refractivity contribution is 7.17. The van der Waals surface area contributed by atoms with Crippen LogP contribution in [-0.2, 0) is 9.09 Å². The molecule has 27 heavy (non-hydrogen) atoms. The number of hydrogen-bond acceptors (Lipinski definition) is 2. The Balaban J connectivity index is 5.65. The molecule has 0 heterocycles. The Morgan fingerprint density at radius 1 is 0.704 bits per heavy atom. The maximum atomic E-state index is 11.8. The van der Waals surface area contributed by atoms with Gasteiger partial charge in [0.05, 0.1) is 5.60 Å². The molecule has 0 aliphatic heterocycles. The van der Waals surface area contributed by atoms with Gasteiger partial charge in [0, 0.05) is 0 Å². The van der Waals surface area contributed by atoms with Crippen LogP contribution in [0.5, 0.6) is 0 Å². The van der Waals surface area contributed by atoms with E-state index >= 15 is 0 Å². The van der Waals surface area contributed by atoms with Crippen molar-refractivity contribution in [2.75, 3.05) is 0 Å². The average Bonchev–Trinajstić information content (AvgIpc) is 2.68. The second-order valence-electron chi connectivity index (χ2n) is 8.72. The minimum absolute atomic E-state index is 0.122. The topological polar surface area (TPSA) is 26.3 Å². The molecule has 0 N–H and O–H groups in total. The zero-order valence-electron chi connectivity index (χ0n) is 19.4. The van der Waals surface area contributed by atoms with Crippen molar-refractivity contribution in [2.24, 2.45) is 17.8 Å². The molecule has 0 aromatic heterocycles. The quantitative estimate of drug-likeness (QED) is 0.202. The molecule has 0 saturated heterocycles. The van der Waals surface area contributed by atoms with Gasteiger partial charge >= 0.3 is 8.69 Å². The Morgan fingerprint density at radius 2 is 1.15 bits per heavy atom. The van der Waals surface area contributed by atoms with Crippen LogP contribution in [0.4, 0.5) is 0 Å². The van der Waals surface area contributed by atoms with Crippen molar-refractivity contribution in [3.63, 3.8) is 0 Å². The second-order valence-corrected chi connectivity index (χ2v) is 9.05. The first-order chi connectivity index (χ1) is 13.1. The Labute approximate surface area is 172 Å². The summed E-state index contributed by atoms with van der Waals surface area (Å²) < 4.78 is 18.0. The van der Waals surface area contributed by atoms with Gasteiger partial charge in [-0.2, -0.15) is 0 Å². The summed E-state index contributed by atoms with van der Waals surface area (Å²) in [7, 11) is -0.122. The first-order valence-electron chi connectivity index (χ1n) is 12.1. The fourth-order valence-electron chi connectivity index (χ4n) is 4.79. The maximum Gasteiger partial charge on any atom is 0.327 e. The number of rotatable bonds is 19. The Kier molecular flexibility index (Phi) is 17.0. The lowest BCUT2D eigenvalue weighted by Crippen LogP contribution is -2.42. The van der Waals surface area contributed by atoms with Crippen molar-refractivity contribution in [1.82, 2.24) is 0 Å². The van der Waals surface area contributed by atoms with Gasteiger partial charge in [0.15, 0.2) is 0 Å². The van der Waals surface area contributed by atoms with Gasteiger partial charge < -0.3 is 0 Å². The third kappa shape index (κ3) is 10.4. The average molecular weight is 401 g/mol. The molecule has 0 aromatic rings. The van der Waals surface area contributed by atoms with E-state index in [0.29, 0.717) is 17.8 Å².